The molecule has 1 aliphatic heterocycles. The number of nitriles is 1. The zero-order valence-electron chi connectivity index (χ0n) is 16.7. The van der Waals surface area contributed by atoms with Crippen molar-refractivity contribution in [3.8, 4) is 17.7 Å². The number of carbonyl (C=O) groups is 1. The molecule has 0 unspecified atom stereocenters. The summed E-state index contributed by atoms with van der Waals surface area (Å²) in [6.07, 6.45) is 3.74. The summed E-state index contributed by atoms with van der Waals surface area (Å²) >= 11 is 0. The Balaban J connectivity index is 1.41. The SMILES string of the molecule is CS(=O)(=O)c1cccc(NC(=O)C2CCN(c3oc(-c4ccco4)nc3C#N)CC2)c1. The van der Waals surface area contributed by atoms with Gasteiger partial charge in [0.25, 0.3) is 5.89 Å². The van der Waals surface area contributed by atoms with Gasteiger partial charge >= 0.3 is 0 Å². The Morgan fingerprint density at radius 2 is 2.03 bits per heavy atom. The molecule has 31 heavy (non-hydrogen) atoms. The second-order valence-electron chi connectivity index (χ2n) is 7.31. The van der Waals surface area contributed by atoms with Gasteiger partial charge in [0.2, 0.25) is 17.5 Å². The first-order chi connectivity index (χ1) is 14.8. The number of benzene rings is 1. The predicted octanol–water partition coefficient (Wildman–Crippen LogP) is 3.06. The Kier molecular flexibility index (Phi) is 5.52. The van der Waals surface area contributed by atoms with Crippen molar-refractivity contribution in [3.63, 3.8) is 0 Å². The highest BCUT2D eigenvalue weighted by Crippen LogP contribution is 2.31. The molecule has 3 heterocycles. The van der Waals surface area contributed by atoms with Crippen LogP contribution in [0.3, 0.4) is 0 Å². The van der Waals surface area contributed by atoms with Crippen LogP contribution in [0, 0.1) is 17.2 Å². The van der Waals surface area contributed by atoms with Gasteiger partial charge in [-0.25, -0.2) is 8.42 Å². The number of piperidine rings is 1. The maximum Gasteiger partial charge on any atom is 0.266 e. The Morgan fingerprint density at radius 1 is 1.26 bits per heavy atom. The maximum absolute atomic E-state index is 12.7. The molecule has 2 aromatic heterocycles. The number of nitrogens with zero attached hydrogens (tertiary/aromatic N) is 3. The topological polar surface area (TPSA) is 129 Å². The number of furan rings is 1. The van der Waals surface area contributed by atoms with Gasteiger partial charge in [-0.2, -0.15) is 10.2 Å². The fraction of sp³-hybridized carbons (Fsp3) is 0.286. The molecule has 3 aromatic rings. The van der Waals surface area contributed by atoms with Crippen LogP contribution in [0.25, 0.3) is 11.7 Å². The third-order valence-electron chi connectivity index (χ3n) is 5.13. The molecule has 1 aromatic carbocycles. The second kappa shape index (κ2) is 8.28. The Morgan fingerprint density at radius 3 is 2.68 bits per heavy atom. The molecule has 1 amide bonds. The fourth-order valence-corrected chi connectivity index (χ4v) is 4.17. The van der Waals surface area contributed by atoms with Crippen LogP contribution >= 0.6 is 0 Å². The molecule has 0 bridgehead atoms. The number of aromatic nitrogens is 1. The van der Waals surface area contributed by atoms with E-state index in [9.17, 15) is 18.5 Å². The average molecular weight is 440 g/mol. The number of hydrogen-bond acceptors (Lipinski definition) is 8. The first-order valence-corrected chi connectivity index (χ1v) is 11.5. The molecule has 0 spiro atoms. The molecule has 9 nitrogen and oxygen atoms in total. The van der Waals surface area contributed by atoms with Gasteiger partial charge in [-0.15, -0.1) is 0 Å². The normalized spacial score (nSPS) is 14.9. The van der Waals surface area contributed by atoms with Crippen molar-refractivity contribution in [1.82, 2.24) is 4.98 Å². The minimum Gasteiger partial charge on any atom is -0.459 e. The molecule has 0 aliphatic carbocycles. The molecule has 0 saturated carbocycles. The lowest BCUT2D eigenvalue weighted by atomic mass is 9.96. The first kappa shape index (κ1) is 20.7. The minimum absolute atomic E-state index is 0.154. The number of amides is 1. The van der Waals surface area contributed by atoms with Crippen LogP contribution in [-0.2, 0) is 14.6 Å². The van der Waals surface area contributed by atoms with E-state index in [0.29, 0.717) is 43.3 Å². The summed E-state index contributed by atoms with van der Waals surface area (Å²) in [6, 6.07) is 11.6. The van der Waals surface area contributed by atoms with Crippen LogP contribution in [0.4, 0.5) is 11.6 Å². The summed E-state index contributed by atoms with van der Waals surface area (Å²) < 4.78 is 34.5. The highest BCUT2D eigenvalue weighted by atomic mass is 32.2. The number of nitrogens with one attached hydrogen (secondary N) is 1. The van der Waals surface area contributed by atoms with Crippen molar-refractivity contribution in [2.45, 2.75) is 17.7 Å². The van der Waals surface area contributed by atoms with E-state index in [-0.39, 0.29) is 28.3 Å². The number of oxazole rings is 1. The van der Waals surface area contributed by atoms with Crippen LogP contribution < -0.4 is 10.2 Å². The van der Waals surface area contributed by atoms with E-state index in [2.05, 4.69) is 10.3 Å². The van der Waals surface area contributed by atoms with Gasteiger partial charge in [0.1, 0.15) is 6.07 Å². The van der Waals surface area contributed by atoms with Crippen LogP contribution in [0.5, 0.6) is 0 Å². The predicted molar refractivity (Wildman–Crippen MR) is 112 cm³/mol. The number of sulfone groups is 1. The lowest BCUT2D eigenvalue weighted by Gasteiger charge is -2.31. The second-order valence-corrected chi connectivity index (χ2v) is 9.33. The molecule has 0 radical (unpaired) electrons. The highest BCUT2D eigenvalue weighted by molar-refractivity contribution is 7.90. The zero-order valence-corrected chi connectivity index (χ0v) is 17.6. The molecule has 4 rings (SSSR count). The third-order valence-corrected chi connectivity index (χ3v) is 6.24. The third kappa shape index (κ3) is 4.46. The molecular weight excluding hydrogens is 420 g/mol. The molecule has 160 valence electrons. The summed E-state index contributed by atoms with van der Waals surface area (Å²) in [5.41, 5.74) is 0.618. The highest BCUT2D eigenvalue weighted by Gasteiger charge is 2.29. The Hall–Kier alpha value is -3.58. The van der Waals surface area contributed by atoms with Crippen molar-refractivity contribution in [3.05, 3.63) is 48.4 Å². The molecule has 10 heteroatoms. The Labute approximate surface area is 179 Å². The largest absolute Gasteiger partial charge is 0.459 e. The van der Waals surface area contributed by atoms with Gasteiger partial charge in [-0.3, -0.25) is 4.79 Å². The van der Waals surface area contributed by atoms with Crippen LogP contribution in [-0.4, -0.2) is 38.7 Å². The summed E-state index contributed by atoms with van der Waals surface area (Å²) in [5.74, 6) is 0.639. The van der Waals surface area contributed by atoms with Crippen molar-refractivity contribution in [1.29, 1.82) is 5.26 Å². The van der Waals surface area contributed by atoms with Crippen molar-refractivity contribution in [2.75, 3.05) is 29.6 Å². The smallest absolute Gasteiger partial charge is 0.266 e. The lowest BCUT2D eigenvalue weighted by molar-refractivity contribution is -0.120. The van der Waals surface area contributed by atoms with E-state index in [4.69, 9.17) is 8.83 Å². The number of rotatable bonds is 5. The van der Waals surface area contributed by atoms with Gasteiger partial charge in [0.05, 0.1) is 11.2 Å². The standard InChI is InChI=1S/C21H20N4O5S/c1-31(27,28)16-5-2-4-15(12-16)23-19(26)14-7-9-25(10-8-14)21-17(13-22)24-20(30-21)18-6-3-11-29-18/h2-6,11-12,14H,7-10H2,1H3,(H,23,26). The molecular formula is C21H20N4O5S. The minimum atomic E-state index is -3.35. The van der Waals surface area contributed by atoms with Gasteiger partial charge < -0.3 is 19.1 Å². The summed E-state index contributed by atoms with van der Waals surface area (Å²) in [7, 11) is -3.35. The fourth-order valence-electron chi connectivity index (χ4n) is 3.50. The number of anilines is 2. The van der Waals surface area contributed by atoms with Crippen LogP contribution in [0.15, 0.2) is 56.4 Å². The average Bonchev–Trinajstić information content (AvgIpc) is 3.43. The van der Waals surface area contributed by atoms with Crippen molar-refractivity contribution in [2.24, 2.45) is 5.92 Å². The van der Waals surface area contributed by atoms with Gasteiger partial charge in [-0.1, -0.05) is 6.07 Å². The monoisotopic (exact) mass is 440 g/mol. The van der Waals surface area contributed by atoms with Crippen LogP contribution in [0.1, 0.15) is 18.5 Å². The summed E-state index contributed by atoms with van der Waals surface area (Å²) in [4.78, 5) is 18.9. The summed E-state index contributed by atoms with van der Waals surface area (Å²) in [5, 5.41) is 12.2. The number of carbonyl (C=O) groups excluding carboxylic acids is 1. The van der Waals surface area contributed by atoms with E-state index in [1.165, 1.54) is 18.4 Å². The quantitative estimate of drug-likeness (QED) is 0.641. The summed E-state index contributed by atoms with van der Waals surface area (Å²) in [6.45, 7) is 1.03. The Bertz CT molecular complexity index is 1230. The molecule has 1 N–H and O–H groups in total. The lowest BCUT2D eigenvalue weighted by Crippen LogP contribution is -2.38. The van der Waals surface area contributed by atoms with E-state index < -0.39 is 9.84 Å². The first-order valence-electron chi connectivity index (χ1n) is 9.66. The molecule has 1 fully saturated rings. The van der Waals surface area contributed by atoms with E-state index >= 15 is 0 Å². The molecule has 1 saturated heterocycles. The number of hydrogen-bond donors (Lipinski definition) is 1. The van der Waals surface area contributed by atoms with Crippen molar-refractivity contribution >= 4 is 27.3 Å². The van der Waals surface area contributed by atoms with Gasteiger partial charge in [-0.05, 0) is 43.2 Å². The van der Waals surface area contributed by atoms with E-state index in [1.807, 2.05) is 11.0 Å². The van der Waals surface area contributed by atoms with Crippen molar-refractivity contribution < 1.29 is 22.0 Å². The maximum atomic E-state index is 12.7. The van der Waals surface area contributed by atoms with E-state index in [1.54, 1.807) is 24.3 Å². The zero-order chi connectivity index (χ0) is 22.0. The van der Waals surface area contributed by atoms with E-state index in [0.717, 1.165) is 6.26 Å². The van der Waals surface area contributed by atoms with Gasteiger partial charge in [0, 0.05) is 31.0 Å². The van der Waals surface area contributed by atoms with Crippen LogP contribution in [0.2, 0.25) is 0 Å². The molecule has 1 aliphatic rings. The van der Waals surface area contributed by atoms with Gasteiger partial charge in [0.15, 0.2) is 15.6 Å². The molecule has 0 atom stereocenters.